The molecule has 2 aromatic carbocycles. The van der Waals surface area contributed by atoms with Gasteiger partial charge in [0, 0.05) is 37.0 Å². The standard InChI is InChI=1S/C26H25N3O5/c1-15-13-22(27-20-6-4-3-5-17(15)20)28-9-11-29(12-10-28)23(31)14-19-16(2)18-7-8-21(30)24(32)25(18)34-26(19)33/h3-8,13,30,32H,9-12,14H2,1-2H3. The van der Waals surface area contributed by atoms with Gasteiger partial charge in [-0.25, -0.2) is 9.78 Å². The molecule has 0 bridgehead atoms. The van der Waals surface area contributed by atoms with Crippen molar-refractivity contribution >= 4 is 33.6 Å². The summed E-state index contributed by atoms with van der Waals surface area (Å²) in [5.41, 5.74) is 2.17. The Labute approximate surface area is 195 Å². The molecule has 1 aliphatic rings. The summed E-state index contributed by atoms with van der Waals surface area (Å²) in [6.07, 6.45) is -0.0842. The van der Waals surface area contributed by atoms with Gasteiger partial charge in [-0.3, -0.25) is 4.79 Å². The third-order valence-corrected chi connectivity index (χ3v) is 6.60. The van der Waals surface area contributed by atoms with Gasteiger partial charge in [0.2, 0.25) is 11.7 Å². The fraction of sp³-hybridized carbons (Fsp3) is 0.269. The van der Waals surface area contributed by atoms with Crippen LogP contribution >= 0.6 is 0 Å². The molecule has 2 N–H and O–H groups in total. The second kappa shape index (κ2) is 8.37. The zero-order valence-electron chi connectivity index (χ0n) is 19.0. The molecule has 0 radical (unpaired) electrons. The molecule has 1 fully saturated rings. The number of pyridine rings is 1. The van der Waals surface area contributed by atoms with E-state index in [0.29, 0.717) is 37.1 Å². The number of phenolic OH excluding ortho intramolecular Hbond substituents is 2. The molecule has 3 heterocycles. The van der Waals surface area contributed by atoms with Crippen LogP contribution in [0.3, 0.4) is 0 Å². The van der Waals surface area contributed by atoms with Crippen LogP contribution in [0.5, 0.6) is 11.5 Å². The highest BCUT2D eigenvalue weighted by atomic mass is 16.4. The van der Waals surface area contributed by atoms with Gasteiger partial charge in [0.25, 0.3) is 0 Å². The lowest BCUT2D eigenvalue weighted by Crippen LogP contribution is -2.49. The van der Waals surface area contributed by atoms with Crippen LogP contribution in [-0.4, -0.2) is 52.2 Å². The van der Waals surface area contributed by atoms with Crippen molar-refractivity contribution in [3.63, 3.8) is 0 Å². The largest absolute Gasteiger partial charge is 0.504 e. The van der Waals surface area contributed by atoms with Gasteiger partial charge >= 0.3 is 5.63 Å². The number of amides is 1. The maximum Gasteiger partial charge on any atom is 0.340 e. The number of carbonyl (C=O) groups is 1. The first kappa shape index (κ1) is 21.8. The number of para-hydroxylation sites is 1. The maximum atomic E-state index is 13.0. The Morgan fingerprint density at radius 3 is 2.53 bits per heavy atom. The number of carbonyl (C=O) groups excluding carboxylic acids is 1. The number of hydrogen-bond donors (Lipinski definition) is 2. The minimum Gasteiger partial charge on any atom is -0.504 e. The summed E-state index contributed by atoms with van der Waals surface area (Å²) in [6, 6.07) is 13.0. The van der Waals surface area contributed by atoms with Crippen LogP contribution in [0.2, 0.25) is 0 Å². The fourth-order valence-corrected chi connectivity index (χ4v) is 4.58. The molecule has 1 saturated heterocycles. The molecule has 8 heteroatoms. The number of hydrogen-bond acceptors (Lipinski definition) is 7. The van der Waals surface area contributed by atoms with E-state index in [-0.39, 0.29) is 29.2 Å². The van der Waals surface area contributed by atoms with E-state index in [1.807, 2.05) is 18.2 Å². The van der Waals surface area contributed by atoms with Crippen LogP contribution in [0, 0.1) is 13.8 Å². The number of rotatable bonds is 3. The minimum atomic E-state index is -0.686. The van der Waals surface area contributed by atoms with E-state index in [9.17, 15) is 19.8 Å². The van der Waals surface area contributed by atoms with Crippen LogP contribution in [-0.2, 0) is 11.2 Å². The van der Waals surface area contributed by atoms with Crippen molar-refractivity contribution in [1.29, 1.82) is 0 Å². The number of aryl methyl sites for hydroxylation is 2. The summed E-state index contributed by atoms with van der Waals surface area (Å²) in [6.45, 7) is 6.14. The molecule has 0 unspecified atom stereocenters. The van der Waals surface area contributed by atoms with Gasteiger partial charge in [-0.2, -0.15) is 0 Å². The second-order valence-electron chi connectivity index (χ2n) is 8.66. The molecule has 34 heavy (non-hydrogen) atoms. The summed E-state index contributed by atoms with van der Waals surface area (Å²) in [4.78, 5) is 34.3. The van der Waals surface area contributed by atoms with E-state index in [1.54, 1.807) is 17.9 Å². The Hall–Kier alpha value is -4.07. The predicted octanol–water partition coefficient (Wildman–Crippen LogP) is 3.26. The fourth-order valence-electron chi connectivity index (χ4n) is 4.58. The van der Waals surface area contributed by atoms with Crippen molar-refractivity contribution in [3.05, 3.63) is 69.6 Å². The van der Waals surface area contributed by atoms with Gasteiger partial charge in [-0.15, -0.1) is 0 Å². The number of fused-ring (bicyclic) bond motifs is 2. The highest BCUT2D eigenvalue weighted by Crippen LogP contribution is 2.34. The van der Waals surface area contributed by atoms with Crippen LogP contribution in [0.25, 0.3) is 21.9 Å². The van der Waals surface area contributed by atoms with Crippen LogP contribution in [0.4, 0.5) is 5.82 Å². The molecule has 1 aliphatic heterocycles. The lowest BCUT2D eigenvalue weighted by Gasteiger charge is -2.35. The van der Waals surface area contributed by atoms with Gasteiger partial charge in [0.1, 0.15) is 5.82 Å². The van der Waals surface area contributed by atoms with Crippen LogP contribution in [0.15, 0.2) is 51.7 Å². The molecule has 8 nitrogen and oxygen atoms in total. The number of benzene rings is 2. The average molecular weight is 460 g/mol. The highest BCUT2D eigenvalue weighted by Gasteiger charge is 2.25. The predicted molar refractivity (Wildman–Crippen MR) is 130 cm³/mol. The number of aromatic hydroxyl groups is 2. The lowest BCUT2D eigenvalue weighted by molar-refractivity contribution is -0.130. The van der Waals surface area contributed by atoms with Gasteiger partial charge in [0.05, 0.1) is 17.5 Å². The Balaban J connectivity index is 1.32. The normalized spacial score (nSPS) is 14.2. The first-order valence-electron chi connectivity index (χ1n) is 11.2. The molecule has 0 aliphatic carbocycles. The summed E-state index contributed by atoms with van der Waals surface area (Å²) in [5.74, 6) is -0.102. The summed E-state index contributed by atoms with van der Waals surface area (Å²) in [5, 5.41) is 21.3. The van der Waals surface area contributed by atoms with Crippen molar-refractivity contribution in [2.24, 2.45) is 0 Å². The Bertz CT molecular complexity index is 1490. The first-order chi connectivity index (χ1) is 16.3. The van der Waals surface area contributed by atoms with E-state index in [0.717, 1.165) is 22.3 Å². The maximum absolute atomic E-state index is 13.0. The molecule has 4 aromatic rings. The Morgan fingerprint density at radius 1 is 1.03 bits per heavy atom. The van der Waals surface area contributed by atoms with E-state index < -0.39 is 11.4 Å². The topological polar surface area (TPSA) is 107 Å². The number of anilines is 1. The van der Waals surface area contributed by atoms with Gasteiger partial charge in [-0.1, -0.05) is 18.2 Å². The third-order valence-electron chi connectivity index (χ3n) is 6.60. The molecule has 2 aromatic heterocycles. The van der Waals surface area contributed by atoms with E-state index in [2.05, 4.69) is 24.0 Å². The molecule has 0 spiro atoms. The summed E-state index contributed by atoms with van der Waals surface area (Å²) < 4.78 is 5.24. The van der Waals surface area contributed by atoms with E-state index >= 15 is 0 Å². The smallest absolute Gasteiger partial charge is 0.340 e. The highest BCUT2D eigenvalue weighted by molar-refractivity contribution is 5.89. The van der Waals surface area contributed by atoms with Crippen molar-refractivity contribution < 1.29 is 19.4 Å². The Morgan fingerprint density at radius 2 is 1.76 bits per heavy atom. The molecule has 0 saturated carbocycles. The van der Waals surface area contributed by atoms with Crippen molar-refractivity contribution in [2.75, 3.05) is 31.1 Å². The lowest BCUT2D eigenvalue weighted by atomic mass is 10.0. The second-order valence-corrected chi connectivity index (χ2v) is 8.66. The third kappa shape index (κ3) is 3.71. The molecule has 174 valence electrons. The summed E-state index contributed by atoms with van der Waals surface area (Å²) >= 11 is 0. The minimum absolute atomic E-state index is 0.0782. The van der Waals surface area contributed by atoms with Crippen molar-refractivity contribution in [1.82, 2.24) is 9.88 Å². The molecule has 0 atom stereocenters. The molecular formula is C26H25N3O5. The number of phenols is 2. The van der Waals surface area contributed by atoms with Gasteiger partial charge in [0.15, 0.2) is 11.3 Å². The number of piperazine rings is 1. The van der Waals surface area contributed by atoms with E-state index in [4.69, 9.17) is 9.40 Å². The Kier molecular flexibility index (Phi) is 5.36. The van der Waals surface area contributed by atoms with E-state index in [1.165, 1.54) is 6.07 Å². The van der Waals surface area contributed by atoms with Crippen molar-refractivity contribution in [2.45, 2.75) is 20.3 Å². The van der Waals surface area contributed by atoms with Crippen LogP contribution in [0.1, 0.15) is 16.7 Å². The molecular weight excluding hydrogens is 434 g/mol. The first-order valence-corrected chi connectivity index (χ1v) is 11.2. The van der Waals surface area contributed by atoms with Crippen molar-refractivity contribution in [3.8, 4) is 11.5 Å². The average Bonchev–Trinajstić information content (AvgIpc) is 2.84. The zero-order chi connectivity index (χ0) is 24.0. The monoisotopic (exact) mass is 459 g/mol. The van der Waals surface area contributed by atoms with Gasteiger partial charge in [-0.05, 0) is 49.2 Å². The number of nitrogens with zero attached hydrogens (tertiary/aromatic N) is 3. The molecule has 1 amide bonds. The SMILES string of the molecule is Cc1cc(N2CCN(C(=O)Cc3c(C)c4ccc(O)c(O)c4oc3=O)CC2)nc2ccccc12. The van der Waals surface area contributed by atoms with Gasteiger partial charge < -0.3 is 24.4 Å². The molecule has 5 rings (SSSR count). The zero-order valence-corrected chi connectivity index (χ0v) is 19.0. The number of aromatic nitrogens is 1. The quantitative estimate of drug-likeness (QED) is 0.358. The van der Waals surface area contributed by atoms with Crippen LogP contribution < -0.4 is 10.5 Å². The summed E-state index contributed by atoms with van der Waals surface area (Å²) in [7, 11) is 0.